The molecule has 0 bridgehead atoms. The zero-order valence-corrected chi connectivity index (χ0v) is 15.1. The number of carbonyl (C=O) groups is 2. The van der Waals surface area contributed by atoms with Crippen molar-refractivity contribution in [2.45, 2.75) is 45.2 Å². The van der Waals surface area contributed by atoms with Crippen molar-refractivity contribution in [1.29, 1.82) is 0 Å². The minimum Gasteiger partial charge on any atom is -0.465 e. The first-order chi connectivity index (χ1) is 12.0. The Morgan fingerprint density at radius 2 is 2.04 bits per heavy atom. The monoisotopic (exact) mass is 347 g/mol. The van der Waals surface area contributed by atoms with Gasteiger partial charge in [-0.1, -0.05) is 25.5 Å². The number of carboxylic acid groups (broad SMARTS) is 1. The maximum atomic E-state index is 12.8. The first-order valence-corrected chi connectivity index (χ1v) is 9.07. The van der Waals surface area contributed by atoms with Gasteiger partial charge in [0.1, 0.15) is 0 Å². The Bertz CT molecular complexity index is 574. The van der Waals surface area contributed by atoms with Crippen LogP contribution in [-0.2, 0) is 6.54 Å². The number of piperidine rings is 1. The topological polar surface area (TPSA) is 81.7 Å². The number of rotatable bonds is 7. The van der Waals surface area contributed by atoms with Gasteiger partial charge in [0.05, 0.1) is 0 Å². The normalized spacial score (nSPS) is 18.6. The van der Waals surface area contributed by atoms with Crippen LogP contribution in [0.2, 0.25) is 0 Å². The quantitative estimate of drug-likeness (QED) is 0.708. The van der Waals surface area contributed by atoms with Crippen LogP contribution in [0.3, 0.4) is 0 Å². The number of nitrogens with zero attached hydrogens (tertiary/aromatic N) is 1. The van der Waals surface area contributed by atoms with Crippen molar-refractivity contribution in [3.05, 3.63) is 35.4 Å². The molecule has 1 aromatic carbocycles. The maximum Gasteiger partial charge on any atom is 0.404 e. The van der Waals surface area contributed by atoms with Gasteiger partial charge in [-0.15, -0.1) is 0 Å². The maximum absolute atomic E-state index is 12.8. The van der Waals surface area contributed by atoms with E-state index in [1.807, 2.05) is 36.2 Å². The highest BCUT2D eigenvalue weighted by atomic mass is 16.4. The molecule has 0 aromatic heterocycles. The van der Waals surface area contributed by atoms with Crippen molar-refractivity contribution < 1.29 is 14.7 Å². The number of benzene rings is 1. The molecule has 1 saturated heterocycles. The number of hydrogen-bond donors (Lipinski definition) is 3. The Labute approximate surface area is 149 Å². The van der Waals surface area contributed by atoms with Gasteiger partial charge < -0.3 is 20.6 Å². The smallest absolute Gasteiger partial charge is 0.404 e. The van der Waals surface area contributed by atoms with Crippen molar-refractivity contribution in [2.24, 2.45) is 5.92 Å². The molecule has 3 N–H and O–H groups in total. The molecule has 1 aromatic rings. The fraction of sp³-hybridized carbons (Fsp3) is 0.579. The summed E-state index contributed by atoms with van der Waals surface area (Å²) in [6.45, 7) is 4.18. The number of nitrogens with one attached hydrogen (secondary N) is 2. The SMILES string of the molecule is CCCC(NC(=O)O)C1CCCN(C(=O)c2ccc(CNC)cc2)C1. The van der Waals surface area contributed by atoms with E-state index in [0.717, 1.165) is 44.3 Å². The molecule has 0 aliphatic carbocycles. The number of amides is 2. The summed E-state index contributed by atoms with van der Waals surface area (Å²) in [6.07, 6.45) is 2.60. The Hall–Kier alpha value is -2.08. The fourth-order valence-corrected chi connectivity index (χ4v) is 3.57. The summed E-state index contributed by atoms with van der Waals surface area (Å²) in [6, 6.07) is 7.60. The van der Waals surface area contributed by atoms with Gasteiger partial charge in [-0.2, -0.15) is 0 Å². The highest BCUT2D eigenvalue weighted by Gasteiger charge is 2.30. The van der Waals surface area contributed by atoms with E-state index in [2.05, 4.69) is 17.6 Å². The van der Waals surface area contributed by atoms with Gasteiger partial charge in [0.2, 0.25) is 0 Å². The van der Waals surface area contributed by atoms with Crippen LogP contribution in [0.1, 0.15) is 48.5 Å². The van der Waals surface area contributed by atoms with Gasteiger partial charge in [-0.05, 0) is 49.9 Å². The molecule has 138 valence electrons. The lowest BCUT2D eigenvalue weighted by Gasteiger charge is -2.37. The van der Waals surface area contributed by atoms with Gasteiger partial charge in [0, 0.05) is 31.2 Å². The van der Waals surface area contributed by atoms with E-state index in [-0.39, 0.29) is 17.9 Å². The molecule has 25 heavy (non-hydrogen) atoms. The number of likely N-dealkylation sites (tertiary alicyclic amines) is 1. The second-order valence-electron chi connectivity index (χ2n) is 6.73. The van der Waals surface area contributed by atoms with Gasteiger partial charge in [0.25, 0.3) is 5.91 Å². The average Bonchev–Trinajstić information content (AvgIpc) is 2.61. The van der Waals surface area contributed by atoms with Gasteiger partial charge in [0.15, 0.2) is 0 Å². The Balaban J connectivity index is 2.03. The summed E-state index contributed by atoms with van der Waals surface area (Å²) < 4.78 is 0. The Morgan fingerprint density at radius 1 is 1.32 bits per heavy atom. The molecule has 0 saturated carbocycles. The summed E-state index contributed by atoms with van der Waals surface area (Å²) in [7, 11) is 1.89. The van der Waals surface area contributed by atoms with Crippen molar-refractivity contribution in [1.82, 2.24) is 15.5 Å². The largest absolute Gasteiger partial charge is 0.465 e. The summed E-state index contributed by atoms with van der Waals surface area (Å²) in [5, 5.41) is 14.8. The van der Waals surface area contributed by atoms with Crippen molar-refractivity contribution in [3.63, 3.8) is 0 Å². The van der Waals surface area contributed by atoms with Crippen LogP contribution in [0.15, 0.2) is 24.3 Å². The summed E-state index contributed by atoms with van der Waals surface area (Å²) in [5.41, 5.74) is 1.84. The molecular formula is C19H29N3O3. The first kappa shape index (κ1) is 19.2. The molecule has 1 aliphatic heterocycles. The summed E-state index contributed by atoms with van der Waals surface area (Å²) in [4.78, 5) is 25.7. The van der Waals surface area contributed by atoms with E-state index in [1.54, 1.807) is 0 Å². The van der Waals surface area contributed by atoms with E-state index in [0.29, 0.717) is 12.1 Å². The molecule has 6 heteroatoms. The fourth-order valence-electron chi connectivity index (χ4n) is 3.57. The lowest BCUT2D eigenvalue weighted by molar-refractivity contribution is 0.0642. The van der Waals surface area contributed by atoms with Crippen molar-refractivity contribution in [2.75, 3.05) is 20.1 Å². The highest BCUT2D eigenvalue weighted by molar-refractivity contribution is 5.94. The second-order valence-corrected chi connectivity index (χ2v) is 6.73. The minimum atomic E-state index is -0.984. The number of carbonyl (C=O) groups excluding carboxylic acids is 1. The van der Waals surface area contributed by atoms with E-state index in [4.69, 9.17) is 5.11 Å². The predicted molar refractivity (Wildman–Crippen MR) is 97.7 cm³/mol. The Kier molecular flexibility index (Phi) is 7.25. The highest BCUT2D eigenvalue weighted by Crippen LogP contribution is 2.24. The molecule has 1 heterocycles. The second kappa shape index (κ2) is 9.42. The van der Waals surface area contributed by atoms with E-state index >= 15 is 0 Å². The van der Waals surface area contributed by atoms with Crippen LogP contribution in [-0.4, -0.2) is 48.2 Å². The summed E-state index contributed by atoms with van der Waals surface area (Å²) >= 11 is 0. The molecule has 1 fully saturated rings. The molecule has 2 unspecified atom stereocenters. The van der Waals surface area contributed by atoms with Crippen LogP contribution in [0.4, 0.5) is 4.79 Å². The van der Waals surface area contributed by atoms with Crippen LogP contribution < -0.4 is 10.6 Å². The van der Waals surface area contributed by atoms with Crippen LogP contribution in [0, 0.1) is 5.92 Å². The third kappa shape index (κ3) is 5.46. The first-order valence-electron chi connectivity index (χ1n) is 9.07. The van der Waals surface area contributed by atoms with E-state index in [9.17, 15) is 9.59 Å². The molecule has 1 aliphatic rings. The zero-order chi connectivity index (χ0) is 18.2. The van der Waals surface area contributed by atoms with Gasteiger partial charge in [-0.25, -0.2) is 4.79 Å². The Morgan fingerprint density at radius 3 is 2.64 bits per heavy atom. The van der Waals surface area contributed by atoms with Crippen molar-refractivity contribution >= 4 is 12.0 Å². The zero-order valence-electron chi connectivity index (χ0n) is 15.1. The molecule has 2 rings (SSSR count). The van der Waals surface area contributed by atoms with Crippen molar-refractivity contribution in [3.8, 4) is 0 Å². The lowest BCUT2D eigenvalue weighted by Crippen LogP contribution is -2.48. The molecule has 2 amide bonds. The molecule has 6 nitrogen and oxygen atoms in total. The lowest BCUT2D eigenvalue weighted by atomic mass is 9.88. The van der Waals surface area contributed by atoms with E-state index < -0.39 is 6.09 Å². The van der Waals surface area contributed by atoms with Crippen LogP contribution in [0.25, 0.3) is 0 Å². The minimum absolute atomic E-state index is 0.0336. The van der Waals surface area contributed by atoms with Crippen LogP contribution >= 0.6 is 0 Å². The standard InChI is InChI=1S/C19H29N3O3/c1-3-5-17(21-19(24)25)16-6-4-11-22(13-16)18(23)15-9-7-14(8-10-15)12-20-2/h7-10,16-17,20-21H,3-6,11-13H2,1-2H3,(H,24,25). The van der Waals surface area contributed by atoms with E-state index in [1.165, 1.54) is 0 Å². The number of hydrogen-bond acceptors (Lipinski definition) is 3. The molecule has 0 radical (unpaired) electrons. The third-order valence-electron chi connectivity index (χ3n) is 4.80. The molecular weight excluding hydrogens is 318 g/mol. The molecule has 2 atom stereocenters. The van der Waals surface area contributed by atoms with Crippen LogP contribution in [0.5, 0.6) is 0 Å². The predicted octanol–water partition coefficient (Wildman–Crippen LogP) is 2.69. The average molecular weight is 347 g/mol. The van der Waals surface area contributed by atoms with Gasteiger partial charge in [-0.3, -0.25) is 4.79 Å². The van der Waals surface area contributed by atoms with Gasteiger partial charge >= 0.3 is 6.09 Å². The summed E-state index contributed by atoms with van der Waals surface area (Å²) in [5.74, 6) is 0.212. The third-order valence-corrected chi connectivity index (χ3v) is 4.80. The molecule has 0 spiro atoms.